The predicted molar refractivity (Wildman–Crippen MR) is 69.4 cm³/mol. The van der Waals surface area contributed by atoms with Crippen molar-refractivity contribution in [1.82, 2.24) is 5.32 Å². The molecule has 0 fully saturated rings. The molecule has 0 spiro atoms. The largest absolute Gasteiger partial charge is 0.478 e. The van der Waals surface area contributed by atoms with Crippen LogP contribution in [0.1, 0.15) is 6.92 Å². The fourth-order valence-electron chi connectivity index (χ4n) is 1.93. The molecule has 2 atom stereocenters. The molecule has 2 rings (SSSR count). The predicted octanol–water partition coefficient (Wildman–Crippen LogP) is 0.473. The van der Waals surface area contributed by atoms with Gasteiger partial charge in [-0.3, -0.25) is 4.79 Å². The summed E-state index contributed by atoms with van der Waals surface area (Å²) in [6.45, 7) is 1.74. The normalized spacial score (nSPS) is 19.3. The number of nitrogens with zero attached hydrogens (tertiary/aromatic N) is 1. The summed E-state index contributed by atoms with van der Waals surface area (Å²) in [7, 11) is 1.68. The van der Waals surface area contributed by atoms with Gasteiger partial charge in [0.25, 0.3) is 0 Å². The average molecular weight is 264 g/mol. The summed E-state index contributed by atoms with van der Waals surface area (Å²) < 4.78 is 5.37. The second-order valence-corrected chi connectivity index (χ2v) is 4.37. The Morgan fingerprint density at radius 1 is 1.47 bits per heavy atom. The molecule has 1 aliphatic rings. The topological polar surface area (TPSA) is 78.9 Å². The van der Waals surface area contributed by atoms with Crippen LogP contribution in [0.15, 0.2) is 24.3 Å². The van der Waals surface area contributed by atoms with Crippen LogP contribution in [0.5, 0.6) is 5.75 Å². The number of fused-ring (bicyclic) bond motifs is 1. The highest BCUT2D eigenvalue weighted by Gasteiger charge is 2.34. The Hall–Kier alpha value is -2.08. The lowest BCUT2D eigenvalue weighted by atomic mass is 10.1. The Labute approximate surface area is 111 Å². The molecular formula is C13H16N2O4. The van der Waals surface area contributed by atoms with Crippen LogP contribution in [0.25, 0.3) is 0 Å². The van der Waals surface area contributed by atoms with E-state index in [1.807, 2.05) is 0 Å². The number of carboxylic acid groups (broad SMARTS) is 1. The molecule has 0 saturated carbocycles. The Morgan fingerprint density at radius 3 is 2.79 bits per heavy atom. The lowest BCUT2D eigenvalue weighted by molar-refractivity contribution is -0.145. The van der Waals surface area contributed by atoms with Crippen LogP contribution in [0, 0.1) is 0 Å². The zero-order valence-electron chi connectivity index (χ0n) is 10.8. The summed E-state index contributed by atoms with van der Waals surface area (Å²) in [4.78, 5) is 24.8. The number of nitrogens with one attached hydrogen (secondary N) is 1. The van der Waals surface area contributed by atoms with Gasteiger partial charge in [0.2, 0.25) is 12.0 Å². The minimum atomic E-state index is -1.08. The van der Waals surface area contributed by atoms with Crippen LogP contribution < -0.4 is 15.0 Å². The number of para-hydroxylation sites is 2. The van der Waals surface area contributed by atoms with Crippen molar-refractivity contribution in [3.63, 3.8) is 0 Å². The molecule has 1 aliphatic heterocycles. The van der Waals surface area contributed by atoms with E-state index in [1.54, 1.807) is 38.2 Å². The van der Waals surface area contributed by atoms with Crippen molar-refractivity contribution in [2.75, 3.05) is 18.5 Å². The summed E-state index contributed by atoms with van der Waals surface area (Å²) in [6, 6.07) is 6.55. The lowest BCUT2D eigenvalue weighted by Crippen LogP contribution is -2.51. The van der Waals surface area contributed by atoms with Gasteiger partial charge in [0.05, 0.1) is 18.3 Å². The van der Waals surface area contributed by atoms with E-state index in [2.05, 4.69) is 5.32 Å². The molecule has 102 valence electrons. The second kappa shape index (κ2) is 5.27. The number of aliphatic carboxylic acids is 1. The van der Waals surface area contributed by atoms with E-state index in [-0.39, 0.29) is 18.5 Å². The van der Waals surface area contributed by atoms with Gasteiger partial charge in [-0.05, 0) is 26.1 Å². The minimum absolute atomic E-state index is 0.0111. The fraction of sp³-hybridized carbons (Fsp3) is 0.385. The third-order valence-electron chi connectivity index (χ3n) is 3.12. The zero-order valence-corrected chi connectivity index (χ0v) is 10.8. The Balaban J connectivity index is 2.36. The maximum atomic E-state index is 12.3. The van der Waals surface area contributed by atoms with Crippen LogP contribution in [-0.4, -0.2) is 42.7 Å². The number of carbonyl (C=O) groups is 2. The summed E-state index contributed by atoms with van der Waals surface area (Å²) in [5, 5.41) is 11.9. The average Bonchev–Trinajstić information content (AvgIpc) is 2.44. The van der Waals surface area contributed by atoms with Crippen molar-refractivity contribution in [1.29, 1.82) is 0 Å². The van der Waals surface area contributed by atoms with Gasteiger partial charge >= 0.3 is 5.97 Å². The van der Waals surface area contributed by atoms with Crippen molar-refractivity contribution in [2.45, 2.75) is 19.1 Å². The number of rotatable bonds is 3. The van der Waals surface area contributed by atoms with Gasteiger partial charge < -0.3 is 20.1 Å². The van der Waals surface area contributed by atoms with Crippen molar-refractivity contribution in [3.05, 3.63) is 24.3 Å². The lowest BCUT2D eigenvalue weighted by Gasteiger charge is -2.34. The van der Waals surface area contributed by atoms with Crippen LogP contribution >= 0.6 is 0 Å². The SMILES string of the molecule is CNC(C)C(=O)N1CC(C(=O)O)Oc2ccccc21. The van der Waals surface area contributed by atoms with Gasteiger partial charge in [-0.2, -0.15) is 0 Å². The Morgan fingerprint density at radius 2 is 2.16 bits per heavy atom. The summed E-state index contributed by atoms with van der Waals surface area (Å²) >= 11 is 0. The zero-order chi connectivity index (χ0) is 14.0. The first-order valence-corrected chi connectivity index (χ1v) is 6.01. The van der Waals surface area contributed by atoms with Gasteiger partial charge in [0, 0.05) is 0 Å². The number of amides is 1. The van der Waals surface area contributed by atoms with E-state index in [1.165, 1.54) is 4.90 Å². The number of benzene rings is 1. The molecule has 1 amide bonds. The number of carboxylic acids is 1. The molecule has 0 aliphatic carbocycles. The quantitative estimate of drug-likeness (QED) is 0.830. The maximum absolute atomic E-state index is 12.3. The number of carbonyl (C=O) groups excluding carboxylic acids is 1. The summed E-state index contributed by atoms with van der Waals surface area (Å²) in [6.07, 6.45) is -1.04. The van der Waals surface area contributed by atoms with Crippen LogP contribution in [-0.2, 0) is 9.59 Å². The van der Waals surface area contributed by atoms with E-state index in [4.69, 9.17) is 9.84 Å². The van der Waals surface area contributed by atoms with E-state index in [0.717, 1.165) is 0 Å². The molecule has 19 heavy (non-hydrogen) atoms. The number of anilines is 1. The van der Waals surface area contributed by atoms with E-state index < -0.39 is 12.1 Å². The fourth-order valence-corrected chi connectivity index (χ4v) is 1.93. The van der Waals surface area contributed by atoms with Gasteiger partial charge in [-0.25, -0.2) is 4.79 Å². The smallest absolute Gasteiger partial charge is 0.346 e. The molecular weight excluding hydrogens is 248 g/mol. The van der Waals surface area contributed by atoms with Crippen LogP contribution in [0.3, 0.4) is 0 Å². The Kier molecular flexibility index (Phi) is 3.71. The van der Waals surface area contributed by atoms with Gasteiger partial charge in [-0.15, -0.1) is 0 Å². The van der Waals surface area contributed by atoms with E-state index in [9.17, 15) is 9.59 Å². The molecule has 1 heterocycles. The number of likely N-dealkylation sites (N-methyl/N-ethyl adjacent to an activating group) is 1. The molecule has 1 aromatic carbocycles. The molecule has 0 radical (unpaired) electrons. The van der Waals surface area contributed by atoms with E-state index >= 15 is 0 Å². The summed E-state index contributed by atoms with van der Waals surface area (Å²) in [5.74, 6) is -0.841. The maximum Gasteiger partial charge on any atom is 0.346 e. The van der Waals surface area contributed by atoms with E-state index in [0.29, 0.717) is 11.4 Å². The van der Waals surface area contributed by atoms with Crippen molar-refractivity contribution in [3.8, 4) is 5.75 Å². The van der Waals surface area contributed by atoms with Crippen molar-refractivity contribution < 1.29 is 19.4 Å². The number of hydrogen-bond acceptors (Lipinski definition) is 4. The molecule has 0 bridgehead atoms. The molecule has 1 aromatic rings. The molecule has 0 saturated heterocycles. The van der Waals surface area contributed by atoms with Gasteiger partial charge in [0.15, 0.2) is 0 Å². The highest BCUT2D eigenvalue weighted by Crippen LogP contribution is 2.33. The third kappa shape index (κ3) is 2.53. The van der Waals surface area contributed by atoms with Crippen LogP contribution in [0.2, 0.25) is 0 Å². The van der Waals surface area contributed by atoms with Crippen molar-refractivity contribution >= 4 is 17.6 Å². The first-order valence-electron chi connectivity index (χ1n) is 6.01. The standard InChI is InChI=1S/C13H16N2O4/c1-8(14-2)12(16)15-7-11(13(17)18)19-10-6-4-3-5-9(10)15/h3-6,8,11,14H,7H2,1-2H3,(H,17,18). The third-order valence-corrected chi connectivity index (χ3v) is 3.12. The minimum Gasteiger partial charge on any atom is -0.478 e. The first-order chi connectivity index (χ1) is 9.04. The highest BCUT2D eigenvalue weighted by atomic mass is 16.5. The molecule has 6 nitrogen and oxygen atoms in total. The molecule has 0 aromatic heterocycles. The monoisotopic (exact) mass is 264 g/mol. The molecule has 2 unspecified atom stereocenters. The van der Waals surface area contributed by atoms with Crippen molar-refractivity contribution in [2.24, 2.45) is 0 Å². The summed E-state index contributed by atoms with van der Waals surface area (Å²) in [5.41, 5.74) is 0.604. The van der Waals surface area contributed by atoms with Crippen LogP contribution in [0.4, 0.5) is 5.69 Å². The second-order valence-electron chi connectivity index (χ2n) is 4.37. The Bertz CT molecular complexity index is 503. The molecule has 2 N–H and O–H groups in total. The first kappa shape index (κ1) is 13.4. The highest BCUT2D eigenvalue weighted by molar-refractivity contribution is 5.99. The van der Waals surface area contributed by atoms with Gasteiger partial charge in [-0.1, -0.05) is 12.1 Å². The number of ether oxygens (including phenoxy) is 1. The number of hydrogen-bond donors (Lipinski definition) is 2. The van der Waals surface area contributed by atoms with Gasteiger partial charge in [0.1, 0.15) is 5.75 Å². The molecule has 6 heteroatoms.